The molecule has 3 heteroatoms. The average Bonchev–Trinajstić information content (AvgIpc) is 2.32. The molecule has 0 aliphatic heterocycles. The van der Waals surface area contributed by atoms with Gasteiger partial charge in [-0.15, -0.1) is 0 Å². The Morgan fingerprint density at radius 1 is 1.35 bits per heavy atom. The molecule has 0 saturated carbocycles. The summed E-state index contributed by atoms with van der Waals surface area (Å²) in [5.74, 6) is 0.991. The third-order valence-electron chi connectivity index (χ3n) is 3.59. The fourth-order valence-corrected chi connectivity index (χ4v) is 2.46. The summed E-state index contributed by atoms with van der Waals surface area (Å²) in [5.41, 5.74) is 1.36. The van der Waals surface area contributed by atoms with Crippen LogP contribution in [0.3, 0.4) is 0 Å². The fourth-order valence-electron chi connectivity index (χ4n) is 2.46. The van der Waals surface area contributed by atoms with Crippen molar-refractivity contribution in [1.82, 2.24) is 0 Å². The minimum Gasteiger partial charge on any atom is -0.508 e. The van der Waals surface area contributed by atoms with Crippen molar-refractivity contribution in [1.29, 1.82) is 0 Å². The zero-order valence-corrected chi connectivity index (χ0v) is 12.6. The van der Waals surface area contributed by atoms with Crippen molar-refractivity contribution in [3.05, 3.63) is 23.5 Å². The Kier molecular flexibility index (Phi) is 7.38. The molecule has 0 spiro atoms. The molecule has 17 heavy (non-hydrogen) atoms. The van der Waals surface area contributed by atoms with E-state index in [2.05, 4.69) is 33.8 Å². The lowest BCUT2D eigenvalue weighted by Gasteiger charge is -2.35. The van der Waals surface area contributed by atoms with Crippen LogP contribution in [0.2, 0.25) is 0 Å². The first-order chi connectivity index (χ1) is 7.99. The average molecular weight is 257 g/mol. The van der Waals surface area contributed by atoms with Crippen molar-refractivity contribution in [2.45, 2.75) is 53.4 Å². The molecule has 0 saturated heterocycles. The minimum atomic E-state index is 0.198. The summed E-state index contributed by atoms with van der Waals surface area (Å²) in [6.07, 6.45) is 9.02. The van der Waals surface area contributed by atoms with Gasteiger partial charge in [-0.2, -0.15) is 0 Å². The van der Waals surface area contributed by atoms with Gasteiger partial charge in [0.25, 0.3) is 0 Å². The molecule has 1 aliphatic rings. The highest BCUT2D eigenvalue weighted by molar-refractivity contribution is 7.00. The highest BCUT2D eigenvalue weighted by atomic mass is 31.0. The summed E-state index contributed by atoms with van der Waals surface area (Å²) in [5, 5.41) is 9.73. The number of aliphatic hydroxyl groups is 1. The van der Waals surface area contributed by atoms with Gasteiger partial charge in [0.05, 0.1) is 0 Å². The van der Waals surface area contributed by atoms with Gasteiger partial charge in [-0.3, -0.25) is 0 Å². The molecule has 2 unspecified atom stereocenters. The highest BCUT2D eigenvalue weighted by Gasteiger charge is 2.31. The van der Waals surface area contributed by atoms with E-state index in [0.717, 1.165) is 0 Å². The molecule has 0 aromatic rings. The maximum Gasteiger partial charge on any atom is 0.310 e. The van der Waals surface area contributed by atoms with E-state index in [1.54, 1.807) is 0 Å². The van der Waals surface area contributed by atoms with Gasteiger partial charge in [0, 0.05) is 0 Å². The van der Waals surface area contributed by atoms with E-state index >= 15 is 0 Å². The molecule has 0 fully saturated rings. The van der Waals surface area contributed by atoms with E-state index in [9.17, 15) is 5.11 Å². The van der Waals surface area contributed by atoms with Crippen molar-refractivity contribution >= 4 is 9.12 Å². The summed E-state index contributed by atoms with van der Waals surface area (Å²) in [6, 6.07) is 0. The smallest absolute Gasteiger partial charge is 0.310 e. The minimum absolute atomic E-state index is 0.198. The third-order valence-corrected chi connectivity index (χ3v) is 3.59. The van der Waals surface area contributed by atoms with Crippen molar-refractivity contribution in [2.24, 2.45) is 11.3 Å². The number of rotatable bonds is 4. The first kappa shape index (κ1) is 16.4. The molecule has 0 heterocycles. The van der Waals surface area contributed by atoms with Gasteiger partial charge in [0.2, 0.25) is 0 Å². The summed E-state index contributed by atoms with van der Waals surface area (Å²) < 4.78 is 8.17. The molecule has 0 aromatic heterocycles. The molecule has 2 atom stereocenters. The van der Waals surface area contributed by atoms with E-state index < -0.39 is 0 Å². The number of hydrogen-bond donors (Lipinski definition) is 1. The lowest BCUT2D eigenvalue weighted by atomic mass is 9.69. The van der Waals surface area contributed by atoms with Crippen LogP contribution in [0.1, 0.15) is 53.4 Å². The molecule has 98 valence electrons. The quantitative estimate of drug-likeness (QED) is 0.579. The predicted molar refractivity (Wildman–Crippen MR) is 76.3 cm³/mol. The second-order valence-corrected chi connectivity index (χ2v) is 5.27. The Bertz CT molecular complexity index is 293. The lowest BCUT2D eigenvalue weighted by molar-refractivity contribution is 0.274. The van der Waals surface area contributed by atoms with Crippen LogP contribution >= 0.6 is 9.12 Å². The summed E-state index contributed by atoms with van der Waals surface area (Å²) in [4.78, 5) is 0. The topological polar surface area (TPSA) is 37.3 Å². The second-order valence-electron chi connectivity index (χ2n) is 5.27. The van der Waals surface area contributed by atoms with Crippen LogP contribution in [0.5, 0.6) is 0 Å². The molecule has 0 bridgehead atoms. The molecule has 1 aliphatic carbocycles. The first-order valence-electron chi connectivity index (χ1n) is 6.31. The van der Waals surface area contributed by atoms with E-state index in [0.29, 0.717) is 11.7 Å². The third kappa shape index (κ3) is 4.63. The maximum absolute atomic E-state index is 9.73. The predicted octanol–water partition coefficient (Wildman–Crippen LogP) is 4.82. The monoisotopic (exact) mass is 257 g/mol. The van der Waals surface area contributed by atoms with Crippen LogP contribution in [-0.4, -0.2) is 5.11 Å². The van der Waals surface area contributed by atoms with Gasteiger partial charge < -0.3 is 5.11 Å². The summed E-state index contributed by atoms with van der Waals surface area (Å²) in [6.45, 7) is 8.81. The Hall–Kier alpha value is -0.620. The molecule has 2 nitrogen and oxygen atoms in total. The van der Waals surface area contributed by atoms with Crippen molar-refractivity contribution in [2.75, 3.05) is 0 Å². The maximum atomic E-state index is 9.73. The molecule has 0 aromatic carbocycles. The Labute approximate surface area is 107 Å². The number of unbranched alkanes of at least 4 members (excludes halogenated alkanes) is 2. The van der Waals surface area contributed by atoms with Crippen LogP contribution in [-0.2, 0) is 4.57 Å². The Balaban J connectivity index is 0.00000121. The largest absolute Gasteiger partial charge is 0.508 e. The van der Waals surface area contributed by atoms with Crippen LogP contribution in [0.4, 0.5) is 0 Å². The van der Waals surface area contributed by atoms with Gasteiger partial charge in [-0.05, 0) is 36.3 Å². The molecule has 1 N–H and O–H groups in total. The van der Waals surface area contributed by atoms with E-state index in [1.165, 1.54) is 40.4 Å². The first-order valence-corrected chi connectivity index (χ1v) is 6.78. The molecule has 0 amide bonds. The number of aliphatic hydroxyl groups excluding tert-OH is 1. The summed E-state index contributed by atoms with van der Waals surface area (Å²) in [7, 11) is 1.17. The van der Waals surface area contributed by atoms with E-state index in [4.69, 9.17) is 4.57 Å². The van der Waals surface area contributed by atoms with Crippen molar-refractivity contribution < 1.29 is 9.67 Å². The van der Waals surface area contributed by atoms with Crippen LogP contribution < -0.4 is 0 Å². The fraction of sp³-hybridized carbons (Fsp3) is 0.714. The summed E-state index contributed by atoms with van der Waals surface area (Å²) >= 11 is 0. The molecular formula is C14H26O2P+. The van der Waals surface area contributed by atoms with Crippen LogP contribution in [0.15, 0.2) is 23.5 Å². The van der Waals surface area contributed by atoms with Crippen molar-refractivity contribution in [3.63, 3.8) is 0 Å². The second kappa shape index (κ2) is 7.66. The van der Waals surface area contributed by atoms with E-state index in [1.807, 2.05) is 6.08 Å². The molecule has 1 rings (SSSR count). The normalized spacial score (nSPS) is 22.0. The van der Waals surface area contributed by atoms with Crippen LogP contribution in [0.25, 0.3) is 0 Å². The van der Waals surface area contributed by atoms with Gasteiger partial charge >= 0.3 is 9.12 Å². The van der Waals surface area contributed by atoms with Gasteiger partial charge in [0.1, 0.15) is 5.76 Å². The SMILES string of the molecule is CCCCCC1C(C)=C(O)C=CC1(C)C.O=[PH2+]. The zero-order valence-electron chi connectivity index (χ0n) is 11.5. The van der Waals surface area contributed by atoms with Gasteiger partial charge in [-0.1, -0.05) is 50.7 Å². The van der Waals surface area contributed by atoms with Gasteiger partial charge in [-0.25, -0.2) is 0 Å². The van der Waals surface area contributed by atoms with Gasteiger partial charge in [0.15, 0.2) is 0 Å². The standard InChI is InChI=1S/C14H24O.H2OP/c1-5-6-7-8-12-11(2)13(15)9-10-14(12,3)4;1-2/h9-10,12,15H,5-8H2,1-4H3;2H2/q;+1. The molecule has 0 radical (unpaired) electrons. The highest BCUT2D eigenvalue weighted by Crippen LogP contribution is 2.41. The molecular weight excluding hydrogens is 231 g/mol. The Morgan fingerprint density at radius 2 is 1.94 bits per heavy atom. The van der Waals surface area contributed by atoms with E-state index in [-0.39, 0.29) is 5.41 Å². The lowest BCUT2D eigenvalue weighted by Crippen LogP contribution is -2.26. The number of allylic oxidation sites excluding steroid dienone is 3. The Morgan fingerprint density at radius 3 is 2.47 bits per heavy atom. The zero-order chi connectivity index (χ0) is 13.5. The van der Waals surface area contributed by atoms with Crippen molar-refractivity contribution in [3.8, 4) is 0 Å². The van der Waals surface area contributed by atoms with Crippen LogP contribution in [0, 0.1) is 11.3 Å². The number of hydrogen-bond acceptors (Lipinski definition) is 2.